The van der Waals surface area contributed by atoms with E-state index in [1.165, 1.54) is 24.3 Å². The van der Waals surface area contributed by atoms with Gasteiger partial charge >= 0.3 is 18.1 Å². The Kier molecular flexibility index (Phi) is 9.48. The van der Waals surface area contributed by atoms with Crippen molar-refractivity contribution in [1.29, 1.82) is 0 Å². The van der Waals surface area contributed by atoms with Gasteiger partial charge in [-0.3, -0.25) is 4.72 Å². The lowest BCUT2D eigenvalue weighted by Gasteiger charge is -2.38. The minimum Gasteiger partial charge on any atom is -0.478 e. The van der Waals surface area contributed by atoms with Crippen LogP contribution < -0.4 is 14.5 Å². The summed E-state index contributed by atoms with van der Waals surface area (Å²) in [5.74, 6) is -4.19. The summed E-state index contributed by atoms with van der Waals surface area (Å²) >= 11 is 0. The average molecular weight is 598 g/mol. The van der Waals surface area contributed by atoms with E-state index in [4.69, 9.17) is 9.90 Å². The zero-order chi connectivity index (χ0) is 30.5. The molecule has 14 heteroatoms. The number of carboxylic acids is 2. The molecule has 0 radical (unpaired) electrons. The molecule has 220 valence electrons. The molecule has 0 aromatic heterocycles. The number of hydrogen-bond acceptors (Lipinski definition) is 6. The van der Waals surface area contributed by atoms with Crippen molar-refractivity contribution >= 4 is 39.0 Å². The largest absolute Gasteiger partial charge is 0.490 e. The van der Waals surface area contributed by atoms with Crippen LogP contribution in [0.2, 0.25) is 0 Å². The van der Waals surface area contributed by atoms with Gasteiger partial charge in [-0.1, -0.05) is 12.1 Å². The lowest BCUT2D eigenvalue weighted by molar-refractivity contribution is -0.192. The van der Waals surface area contributed by atoms with Gasteiger partial charge in [0.25, 0.3) is 10.0 Å². The summed E-state index contributed by atoms with van der Waals surface area (Å²) in [7, 11) is -3.94. The van der Waals surface area contributed by atoms with Crippen LogP contribution in [0.15, 0.2) is 65.6 Å². The van der Waals surface area contributed by atoms with E-state index >= 15 is 0 Å². The summed E-state index contributed by atoms with van der Waals surface area (Å²) in [4.78, 5) is 24.8. The average Bonchev–Trinajstić information content (AvgIpc) is 2.90. The molecular weight excluding hydrogens is 570 g/mol. The van der Waals surface area contributed by atoms with Crippen LogP contribution >= 0.6 is 0 Å². The molecule has 3 aromatic rings. The van der Waals surface area contributed by atoms with Crippen LogP contribution in [0, 0.1) is 19.7 Å². The van der Waals surface area contributed by atoms with E-state index in [0.29, 0.717) is 37.4 Å². The van der Waals surface area contributed by atoms with Gasteiger partial charge in [-0.25, -0.2) is 22.4 Å². The second-order valence-corrected chi connectivity index (χ2v) is 10.8. The number of nitrogens with zero attached hydrogens (tertiary/aromatic N) is 2. The van der Waals surface area contributed by atoms with Gasteiger partial charge in [-0.2, -0.15) is 13.2 Å². The maximum absolute atomic E-state index is 13.3. The van der Waals surface area contributed by atoms with Crippen LogP contribution in [0.5, 0.6) is 0 Å². The summed E-state index contributed by atoms with van der Waals surface area (Å²) in [5.41, 5.74) is 3.14. The van der Waals surface area contributed by atoms with Gasteiger partial charge in [-0.05, 0) is 73.5 Å². The van der Waals surface area contributed by atoms with Crippen molar-refractivity contribution in [3.63, 3.8) is 0 Å². The van der Waals surface area contributed by atoms with Crippen LogP contribution in [0.1, 0.15) is 21.5 Å². The van der Waals surface area contributed by atoms with Gasteiger partial charge in [0.05, 0.1) is 21.8 Å². The van der Waals surface area contributed by atoms with Gasteiger partial charge in [0.2, 0.25) is 0 Å². The lowest BCUT2D eigenvalue weighted by Crippen LogP contribution is -2.46. The van der Waals surface area contributed by atoms with Gasteiger partial charge in [-0.15, -0.1) is 0 Å². The third kappa shape index (κ3) is 8.10. The number of hydrogen-bond donors (Lipinski definition) is 3. The molecule has 9 nitrogen and oxygen atoms in total. The Hall–Kier alpha value is -4.33. The fourth-order valence-corrected chi connectivity index (χ4v) is 5.48. The number of piperazine rings is 1. The number of sulfonamides is 1. The third-order valence-corrected chi connectivity index (χ3v) is 7.68. The first-order chi connectivity index (χ1) is 19.1. The van der Waals surface area contributed by atoms with E-state index in [-0.39, 0.29) is 22.0 Å². The Morgan fingerprint density at radius 3 is 1.95 bits per heavy atom. The monoisotopic (exact) mass is 597 g/mol. The molecule has 0 unspecified atom stereocenters. The van der Waals surface area contributed by atoms with Crippen LogP contribution in [0.3, 0.4) is 0 Å². The molecule has 1 heterocycles. The number of alkyl halides is 3. The Labute approximate surface area is 233 Å². The number of aliphatic carboxylic acids is 1. The highest BCUT2D eigenvalue weighted by Crippen LogP contribution is 2.32. The summed E-state index contributed by atoms with van der Waals surface area (Å²) in [6.07, 6.45) is -5.08. The molecule has 41 heavy (non-hydrogen) atoms. The second kappa shape index (κ2) is 12.5. The molecule has 0 spiro atoms. The highest BCUT2D eigenvalue weighted by molar-refractivity contribution is 7.92. The quantitative estimate of drug-likeness (QED) is 0.343. The molecule has 0 bridgehead atoms. The zero-order valence-electron chi connectivity index (χ0n) is 21.9. The molecule has 1 aliphatic rings. The smallest absolute Gasteiger partial charge is 0.478 e. The predicted molar refractivity (Wildman–Crippen MR) is 145 cm³/mol. The van der Waals surface area contributed by atoms with E-state index in [9.17, 15) is 35.9 Å². The van der Waals surface area contributed by atoms with Crippen LogP contribution in [-0.4, -0.2) is 62.9 Å². The van der Waals surface area contributed by atoms with Crippen LogP contribution in [0.25, 0.3) is 0 Å². The van der Waals surface area contributed by atoms with Crippen LogP contribution in [0.4, 0.5) is 34.6 Å². The molecule has 0 aliphatic carbocycles. The number of nitrogens with one attached hydrogen (secondary N) is 1. The summed E-state index contributed by atoms with van der Waals surface area (Å²) in [5, 5.41) is 16.6. The minimum atomic E-state index is -5.08. The Morgan fingerprint density at radius 2 is 1.41 bits per heavy atom. The van der Waals surface area contributed by atoms with E-state index in [2.05, 4.69) is 9.62 Å². The maximum Gasteiger partial charge on any atom is 0.490 e. The van der Waals surface area contributed by atoms with Crippen LogP contribution in [-0.2, 0) is 14.8 Å². The number of carbonyl (C=O) groups is 2. The van der Waals surface area contributed by atoms with Gasteiger partial charge in [0, 0.05) is 31.9 Å². The Morgan fingerprint density at radius 1 is 0.854 bits per heavy atom. The molecule has 0 atom stereocenters. The van der Waals surface area contributed by atoms with Gasteiger partial charge < -0.3 is 20.0 Å². The van der Waals surface area contributed by atoms with Crippen molar-refractivity contribution in [1.82, 2.24) is 0 Å². The molecule has 1 fully saturated rings. The molecule has 1 saturated heterocycles. The number of benzene rings is 3. The molecule has 1 aliphatic heterocycles. The normalized spacial score (nSPS) is 13.7. The van der Waals surface area contributed by atoms with E-state index in [1.54, 1.807) is 37.3 Å². The first-order valence-electron chi connectivity index (χ1n) is 12.1. The number of aromatic carboxylic acids is 1. The molecule has 3 aromatic carbocycles. The molecule has 0 amide bonds. The van der Waals surface area contributed by atoms with Crippen molar-refractivity contribution in [3.05, 3.63) is 83.2 Å². The predicted octanol–water partition coefficient (Wildman–Crippen LogP) is 4.90. The van der Waals surface area contributed by atoms with E-state index in [1.807, 2.05) is 17.9 Å². The highest BCUT2D eigenvalue weighted by Gasteiger charge is 2.38. The van der Waals surface area contributed by atoms with Crippen molar-refractivity contribution in [2.45, 2.75) is 24.9 Å². The van der Waals surface area contributed by atoms with Crippen molar-refractivity contribution in [3.8, 4) is 0 Å². The number of anilines is 3. The summed E-state index contributed by atoms with van der Waals surface area (Å²) < 4.78 is 74.1. The minimum absolute atomic E-state index is 0.00707. The van der Waals surface area contributed by atoms with Crippen molar-refractivity contribution in [2.24, 2.45) is 0 Å². The topological polar surface area (TPSA) is 127 Å². The SMILES string of the molecule is Cc1ccc(C)c(S(=O)(=O)Nc2cc(C(=O)O)ccc2N2CCN(c3ccc(F)cc3)CC2)c1.O=C(O)C(F)(F)F. The number of rotatable bonds is 6. The summed E-state index contributed by atoms with van der Waals surface area (Å²) in [6, 6.07) is 16.0. The molecule has 0 saturated carbocycles. The number of aryl methyl sites for hydroxylation is 2. The highest BCUT2D eigenvalue weighted by atomic mass is 32.2. The fraction of sp³-hybridized carbons (Fsp3) is 0.259. The zero-order valence-corrected chi connectivity index (χ0v) is 22.8. The van der Waals surface area contributed by atoms with Gasteiger partial charge in [0.15, 0.2) is 0 Å². The number of halogens is 4. The molecular formula is C27H27F4N3O6S. The lowest BCUT2D eigenvalue weighted by atomic mass is 10.1. The van der Waals surface area contributed by atoms with E-state index < -0.39 is 28.1 Å². The van der Waals surface area contributed by atoms with E-state index in [0.717, 1.165) is 11.3 Å². The third-order valence-electron chi connectivity index (χ3n) is 6.18. The molecule has 4 rings (SSSR count). The first kappa shape index (κ1) is 31.2. The Bertz CT molecular complexity index is 1520. The fourth-order valence-electron chi connectivity index (χ4n) is 4.08. The van der Waals surface area contributed by atoms with Gasteiger partial charge in [0.1, 0.15) is 5.82 Å². The Balaban J connectivity index is 0.000000587. The summed E-state index contributed by atoms with van der Waals surface area (Å²) in [6.45, 7) is 6.00. The van der Waals surface area contributed by atoms with Crippen molar-refractivity contribution < 1.29 is 45.8 Å². The maximum atomic E-state index is 13.3. The second-order valence-electron chi connectivity index (χ2n) is 9.16. The first-order valence-corrected chi connectivity index (χ1v) is 13.6. The number of carboxylic acid groups (broad SMARTS) is 2. The molecule has 3 N–H and O–H groups in total. The van der Waals surface area contributed by atoms with Crippen molar-refractivity contribution in [2.75, 3.05) is 40.7 Å². The standard InChI is InChI=1S/C25H26FN3O4S.C2HF3O2/c1-17-3-4-18(2)24(15-17)34(32,33)27-22-16-19(25(30)31)5-10-23(22)29-13-11-28(12-14-29)21-8-6-20(26)7-9-21;3-2(4,5)1(6)7/h3-10,15-16,27H,11-14H2,1-2H3,(H,30,31);(H,6,7).